The van der Waals surface area contributed by atoms with Crippen LogP contribution in [0.25, 0.3) is 0 Å². The maximum atomic E-state index is 12.2. The summed E-state index contributed by atoms with van der Waals surface area (Å²) in [7, 11) is 0. The third-order valence-electron chi connectivity index (χ3n) is 3.80. The Hall–Kier alpha value is -0.730. The summed E-state index contributed by atoms with van der Waals surface area (Å²) >= 11 is 0. The largest absolute Gasteiger partial charge is 0.394 e. The minimum Gasteiger partial charge on any atom is -0.394 e. The molecule has 9 atom stereocenters. The molecule has 1 aliphatic rings. The third kappa shape index (κ3) is 4.22. The van der Waals surface area contributed by atoms with Gasteiger partial charge in [0, 0.05) is 0 Å². The summed E-state index contributed by atoms with van der Waals surface area (Å²) in [6.07, 6.45) is -14.1. The third-order valence-corrected chi connectivity index (χ3v) is 3.80. The number of ether oxygens (including phenoxy) is 1. The summed E-state index contributed by atoms with van der Waals surface area (Å²) in [6.45, 7) is -1.64. The van der Waals surface area contributed by atoms with Crippen LogP contribution in [-0.2, 0) is 9.53 Å². The van der Waals surface area contributed by atoms with Gasteiger partial charge in [0.25, 0.3) is 0 Å². The van der Waals surface area contributed by atoms with Gasteiger partial charge in [-0.3, -0.25) is 4.79 Å². The summed E-state index contributed by atoms with van der Waals surface area (Å²) in [5, 5.41) is 75.3. The average molecular weight is 341 g/mol. The van der Waals surface area contributed by atoms with Gasteiger partial charge in [-0.25, -0.2) is 0 Å². The van der Waals surface area contributed by atoms with E-state index in [0.717, 1.165) is 0 Å². The van der Waals surface area contributed by atoms with Crippen molar-refractivity contribution in [3.8, 4) is 0 Å². The van der Waals surface area contributed by atoms with E-state index in [0.29, 0.717) is 0 Å². The maximum Gasteiger partial charge on any atom is 0.183 e. The number of nitrogens with two attached hydrogens (primary N) is 1. The molecule has 0 aliphatic carbocycles. The zero-order valence-corrected chi connectivity index (χ0v) is 12.1. The van der Waals surface area contributed by atoms with Gasteiger partial charge in [-0.05, 0) is 0 Å². The van der Waals surface area contributed by atoms with E-state index in [4.69, 9.17) is 20.7 Å². The van der Waals surface area contributed by atoms with Gasteiger partial charge < -0.3 is 51.3 Å². The van der Waals surface area contributed by atoms with Gasteiger partial charge >= 0.3 is 0 Å². The summed E-state index contributed by atoms with van der Waals surface area (Å²) in [4.78, 5) is 12.2. The molecule has 0 spiro atoms. The lowest BCUT2D eigenvalue weighted by Crippen LogP contribution is -2.64. The van der Waals surface area contributed by atoms with E-state index in [-0.39, 0.29) is 0 Å². The minimum absolute atomic E-state index is 0.752. The topological polar surface area (TPSA) is 214 Å². The summed E-state index contributed by atoms with van der Waals surface area (Å²) in [5.74, 6) is -1.13. The van der Waals surface area contributed by atoms with Gasteiger partial charge in [0.2, 0.25) is 0 Å². The van der Waals surface area contributed by atoms with Crippen LogP contribution in [-0.4, -0.2) is 115 Å². The Morgan fingerprint density at radius 3 is 2.04 bits per heavy atom. The number of aliphatic hydroxyl groups is 8. The minimum atomic E-state index is -1.99. The van der Waals surface area contributed by atoms with Crippen LogP contribution in [0.3, 0.4) is 0 Å². The van der Waals surface area contributed by atoms with Crippen LogP contribution in [0.4, 0.5) is 0 Å². The second-order valence-corrected chi connectivity index (χ2v) is 5.41. The number of aliphatic hydroxyl groups excluding tert-OH is 8. The highest BCUT2D eigenvalue weighted by molar-refractivity contribution is 5.89. The fraction of sp³-hybridized carbons (Fsp3) is 0.917. The fourth-order valence-corrected chi connectivity index (χ4v) is 2.24. The predicted octanol–water partition coefficient (Wildman–Crippen LogP) is -6.20. The van der Waals surface area contributed by atoms with Crippen molar-refractivity contribution in [2.75, 3.05) is 13.2 Å². The molecule has 0 amide bonds. The molecule has 0 aromatic rings. The first-order valence-corrected chi connectivity index (χ1v) is 6.92. The van der Waals surface area contributed by atoms with E-state index < -0.39 is 73.9 Å². The highest BCUT2D eigenvalue weighted by Crippen LogP contribution is 2.23. The van der Waals surface area contributed by atoms with Crippen LogP contribution < -0.4 is 5.73 Å². The molecule has 136 valence electrons. The number of Topliss-reactive ketones (excluding diaryl/α,β-unsaturated/α-hetero) is 1. The Kier molecular flexibility index (Phi) is 7.41. The first-order valence-electron chi connectivity index (χ1n) is 6.92. The van der Waals surface area contributed by atoms with Crippen LogP contribution >= 0.6 is 0 Å². The molecular formula is C12H23NO10. The Balaban J connectivity index is 2.85. The molecule has 1 fully saturated rings. The first kappa shape index (κ1) is 20.3. The van der Waals surface area contributed by atoms with Crippen LogP contribution in [0.1, 0.15) is 0 Å². The van der Waals surface area contributed by atoms with Gasteiger partial charge in [-0.15, -0.1) is 0 Å². The molecule has 11 nitrogen and oxygen atoms in total. The maximum absolute atomic E-state index is 12.2. The first-order chi connectivity index (χ1) is 10.7. The van der Waals surface area contributed by atoms with Gasteiger partial charge in [0.05, 0.1) is 19.3 Å². The summed E-state index contributed by atoms with van der Waals surface area (Å²) in [6, 6.07) is -1.83. The lowest BCUT2D eigenvalue weighted by atomic mass is 9.88. The van der Waals surface area contributed by atoms with Crippen molar-refractivity contribution in [2.24, 2.45) is 5.73 Å². The molecule has 1 heterocycles. The number of hydrogen-bond acceptors (Lipinski definition) is 11. The molecule has 0 aromatic heterocycles. The predicted molar refractivity (Wildman–Crippen MR) is 71.9 cm³/mol. The molecule has 0 saturated carbocycles. The van der Waals surface area contributed by atoms with E-state index in [2.05, 4.69) is 0 Å². The van der Waals surface area contributed by atoms with Crippen molar-refractivity contribution in [2.45, 2.75) is 54.9 Å². The molecule has 1 rings (SSSR count). The Morgan fingerprint density at radius 1 is 1.00 bits per heavy atom. The van der Waals surface area contributed by atoms with E-state index in [9.17, 15) is 35.4 Å². The molecule has 0 bridgehead atoms. The highest BCUT2D eigenvalue weighted by atomic mass is 16.5. The van der Waals surface area contributed by atoms with Crippen LogP contribution in [0.5, 0.6) is 0 Å². The SMILES string of the molecule is N[C@H](C(=O)C1O[C@H](CO)[C@@H](O)[C@H](O)[C@@H]1O)[C@@H](O)[C@H](O)[C@H](O)CO. The number of rotatable bonds is 7. The van der Waals surface area contributed by atoms with Crippen molar-refractivity contribution in [1.82, 2.24) is 0 Å². The zero-order valence-electron chi connectivity index (χ0n) is 12.1. The number of carbonyl (C=O) groups excluding carboxylic acids is 1. The van der Waals surface area contributed by atoms with Gasteiger partial charge in [-0.2, -0.15) is 0 Å². The standard InChI is InChI=1S/C12H23NO10/c13-5(8(19)6(17)3(16)1-14)9(20)12-11(22)10(21)7(18)4(2-15)23-12/h3-8,10-12,14-19,21-22H,1-2,13H2/t3-,4-,5+,6-,7-,8-,10+,11+,12?/m1/s1. The van der Waals surface area contributed by atoms with E-state index in [1.165, 1.54) is 0 Å². The van der Waals surface area contributed by atoms with Crippen molar-refractivity contribution >= 4 is 5.78 Å². The molecule has 1 unspecified atom stereocenters. The lowest BCUT2D eigenvalue weighted by molar-refractivity contribution is -0.227. The monoisotopic (exact) mass is 341 g/mol. The summed E-state index contributed by atoms with van der Waals surface area (Å²) < 4.78 is 4.99. The highest BCUT2D eigenvalue weighted by Gasteiger charge is 2.48. The van der Waals surface area contributed by atoms with Gasteiger partial charge in [-0.1, -0.05) is 0 Å². The quantitative estimate of drug-likeness (QED) is 0.212. The van der Waals surface area contributed by atoms with Crippen molar-refractivity contribution in [1.29, 1.82) is 0 Å². The van der Waals surface area contributed by atoms with Crippen molar-refractivity contribution < 1.29 is 50.4 Å². The van der Waals surface area contributed by atoms with Crippen LogP contribution in [0.15, 0.2) is 0 Å². The van der Waals surface area contributed by atoms with E-state index >= 15 is 0 Å². The van der Waals surface area contributed by atoms with E-state index in [1.54, 1.807) is 0 Å². The molecule has 10 N–H and O–H groups in total. The van der Waals surface area contributed by atoms with Gasteiger partial charge in [0.15, 0.2) is 5.78 Å². The molecule has 0 aromatic carbocycles. The number of ketones is 1. The second kappa shape index (κ2) is 8.39. The fourth-order valence-electron chi connectivity index (χ4n) is 2.24. The second-order valence-electron chi connectivity index (χ2n) is 5.41. The molecule has 1 saturated heterocycles. The Labute approximate surface area is 131 Å². The molecule has 11 heteroatoms. The lowest BCUT2D eigenvalue weighted by Gasteiger charge is -2.40. The molecular weight excluding hydrogens is 318 g/mol. The number of hydrogen-bond donors (Lipinski definition) is 9. The van der Waals surface area contributed by atoms with Gasteiger partial charge in [0.1, 0.15) is 48.8 Å². The van der Waals surface area contributed by atoms with Crippen molar-refractivity contribution in [3.05, 3.63) is 0 Å². The van der Waals surface area contributed by atoms with E-state index in [1.807, 2.05) is 0 Å². The normalized spacial score (nSPS) is 37.0. The zero-order chi connectivity index (χ0) is 17.9. The molecule has 0 radical (unpaired) electrons. The molecule has 1 aliphatic heterocycles. The average Bonchev–Trinajstić information content (AvgIpc) is 2.56. The van der Waals surface area contributed by atoms with Crippen LogP contribution in [0, 0.1) is 0 Å². The Bertz CT molecular complexity index is 394. The number of carbonyl (C=O) groups is 1. The summed E-state index contributed by atoms with van der Waals surface area (Å²) in [5.41, 5.74) is 5.46. The molecule has 23 heavy (non-hydrogen) atoms. The smallest absolute Gasteiger partial charge is 0.183 e. The Morgan fingerprint density at radius 2 is 1.57 bits per heavy atom. The van der Waals surface area contributed by atoms with Crippen molar-refractivity contribution in [3.63, 3.8) is 0 Å². The van der Waals surface area contributed by atoms with Crippen LogP contribution in [0.2, 0.25) is 0 Å².